The third-order valence-corrected chi connectivity index (χ3v) is 8.59. The van der Waals surface area contributed by atoms with Crippen LogP contribution in [-0.2, 0) is 7.05 Å². The van der Waals surface area contributed by atoms with Crippen molar-refractivity contribution in [2.24, 2.45) is 12.5 Å². The lowest BCUT2D eigenvalue weighted by Crippen LogP contribution is -2.73. The molecule has 0 unspecified atom stereocenters. The number of aliphatic hydroxyl groups is 1. The third kappa shape index (κ3) is 6.19. The number of nitrogens with zero attached hydrogens (tertiary/aromatic N) is 6. The van der Waals surface area contributed by atoms with Gasteiger partial charge >= 0.3 is 6.18 Å². The molecule has 2 aliphatic rings. The summed E-state index contributed by atoms with van der Waals surface area (Å²) in [6.45, 7) is 5.52. The molecule has 2 aromatic heterocycles. The molecule has 41 heavy (non-hydrogen) atoms. The zero-order valence-electron chi connectivity index (χ0n) is 23.2. The Bertz CT molecular complexity index is 1440. The number of aryl methyl sites for hydroxylation is 1. The predicted molar refractivity (Wildman–Crippen MR) is 154 cm³/mol. The van der Waals surface area contributed by atoms with Crippen molar-refractivity contribution in [2.75, 3.05) is 57.8 Å². The minimum atomic E-state index is -4.20. The molecule has 0 aliphatic carbocycles. The molecule has 9 nitrogen and oxygen atoms in total. The topological polar surface area (TPSA) is 91.6 Å². The summed E-state index contributed by atoms with van der Waals surface area (Å²) in [5.74, 6) is 1.60. The third-order valence-electron chi connectivity index (χ3n) is 7.50. The van der Waals surface area contributed by atoms with Crippen LogP contribution in [0.4, 0.5) is 19.0 Å². The van der Waals surface area contributed by atoms with E-state index < -0.39 is 18.8 Å². The Morgan fingerprint density at radius 1 is 1.17 bits per heavy atom. The van der Waals surface area contributed by atoms with Crippen LogP contribution in [0, 0.1) is 19.3 Å². The number of likely N-dealkylation sites (tertiary alicyclic amines) is 1. The molecule has 5 rings (SSSR count). The molecule has 1 aromatic carbocycles. The molecule has 2 fully saturated rings. The van der Waals surface area contributed by atoms with Crippen LogP contribution in [0.1, 0.15) is 11.1 Å². The number of rotatable bonds is 9. The van der Waals surface area contributed by atoms with Gasteiger partial charge in [-0.25, -0.2) is 9.97 Å². The summed E-state index contributed by atoms with van der Waals surface area (Å²) >= 11 is 10.2. The maximum atomic E-state index is 12.8. The molecule has 2 aliphatic heterocycles. The van der Waals surface area contributed by atoms with Crippen molar-refractivity contribution in [3.8, 4) is 28.5 Å². The zero-order valence-corrected chi connectivity index (χ0v) is 25.5. The van der Waals surface area contributed by atoms with Gasteiger partial charge in [0, 0.05) is 61.9 Å². The van der Waals surface area contributed by atoms with Crippen molar-refractivity contribution < 1.29 is 23.0 Å². The largest absolute Gasteiger partial charge is 0.491 e. The number of benzene rings is 1. The van der Waals surface area contributed by atoms with Crippen molar-refractivity contribution in [1.29, 1.82) is 0 Å². The average Bonchev–Trinajstić information content (AvgIpc) is 3.10. The lowest BCUT2D eigenvalue weighted by molar-refractivity contribution is -0.172. The molecule has 0 saturated carbocycles. The normalized spacial score (nSPS) is 17.5. The van der Waals surface area contributed by atoms with Gasteiger partial charge in [-0.3, -0.25) is 9.58 Å². The maximum absolute atomic E-state index is 12.8. The molecule has 0 radical (unpaired) electrons. The first-order chi connectivity index (χ1) is 19.3. The summed E-state index contributed by atoms with van der Waals surface area (Å²) in [5, 5.41) is 17.9. The molecule has 0 amide bonds. The average molecular weight is 659 g/mol. The number of aliphatic hydroxyl groups excluding tert-OH is 1. The first-order valence-electron chi connectivity index (χ1n) is 13.2. The first-order valence-corrected chi connectivity index (χ1v) is 14.3. The molecule has 4 heterocycles. The summed E-state index contributed by atoms with van der Waals surface area (Å²) in [4.78, 5) is 13.4. The van der Waals surface area contributed by atoms with E-state index in [-0.39, 0.29) is 12.0 Å². The van der Waals surface area contributed by atoms with Crippen LogP contribution < -0.4 is 15.0 Å². The fraction of sp³-hybridized carbons (Fsp3) is 0.519. The number of halogens is 5. The van der Waals surface area contributed by atoms with E-state index in [9.17, 15) is 18.3 Å². The van der Waals surface area contributed by atoms with Crippen LogP contribution in [0.15, 0.2) is 22.8 Å². The number of hydrogen-bond acceptors (Lipinski definition) is 8. The second-order valence-corrected chi connectivity index (χ2v) is 12.2. The number of nitrogens with one attached hydrogen (secondary N) is 1. The number of hydrogen-bond donors (Lipinski definition) is 2. The van der Waals surface area contributed by atoms with Gasteiger partial charge in [0.05, 0.1) is 23.0 Å². The van der Waals surface area contributed by atoms with E-state index >= 15 is 0 Å². The van der Waals surface area contributed by atoms with Crippen molar-refractivity contribution in [2.45, 2.75) is 26.1 Å². The number of anilines is 1. The standard InChI is InChI=1S/C27H32BrClF3N7O2/c1-15-21(22-16(2)23(28)36-37(22)4)34-24(19-7-18(5-6-20(19)29)41-9-17(40)8-33-3)35-25(15)39-12-26(13-39)10-38(11-26)14-27(30,31)32/h5-7,17,33,40H,8-14H2,1-4H3/t17-/m1/s1. The number of likely N-dealkylation sites (N-methyl/N-ethyl adjacent to an activating group) is 1. The zero-order chi connectivity index (χ0) is 29.7. The first kappa shape index (κ1) is 30.0. The van der Waals surface area contributed by atoms with Crippen LogP contribution in [0.25, 0.3) is 22.8 Å². The number of aromatic nitrogens is 4. The fourth-order valence-corrected chi connectivity index (χ4v) is 6.35. The Hall–Kier alpha value is -2.45. The van der Waals surface area contributed by atoms with Crippen molar-refractivity contribution in [3.63, 3.8) is 0 Å². The van der Waals surface area contributed by atoms with Crippen LogP contribution in [0.3, 0.4) is 0 Å². The molecule has 0 bridgehead atoms. The molecule has 14 heteroatoms. The summed E-state index contributed by atoms with van der Waals surface area (Å²) in [5.41, 5.74) is 3.64. The van der Waals surface area contributed by atoms with Gasteiger partial charge in [0.15, 0.2) is 5.82 Å². The second kappa shape index (κ2) is 11.3. The Morgan fingerprint density at radius 2 is 1.88 bits per heavy atom. The lowest BCUT2D eigenvalue weighted by atomic mass is 9.72. The van der Waals surface area contributed by atoms with Gasteiger partial charge in [0.25, 0.3) is 0 Å². The van der Waals surface area contributed by atoms with Gasteiger partial charge in [0.1, 0.15) is 28.9 Å². The van der Waals surface area contributed by atoms with E-state index in [0.29, 0.717) is 71.0 Å². The molecule has 3 aromatic rings. The van der Waals surface area contributed by atoms with E-state index in [4.69, 9.17) is 26.3 Å². The van der Waals surface area contributed by atoms with Gasteiger partial charge in [0.2, 0.25) is 0 Å². The molecular weight excluding hydrogens is 627 g/mol. The maximum Gasteiger partial charge on any atom is 0.401 e. The monoisotopic (exact) mass is 657 g/mol. The number of alkyl halides is 3. The summed E-state index contributed by atoms with van der Waals surface area (Å²) in [6.07, 6.45) is -4.88. The molecule has 1 spiro atoms. The van der Waals surface area contributed by atoms with Crippen LogP contribution in [0.5, 0.6) is 5.75 Å². The van der Waals surface area contributed by atoms with Gasteiger partial charge in [-0.15, -0.1) is 0 Å². The summed E-state index contributed by atoms with van der Waals surface area (Å²) in [6, 6.07) is 5.17. The summed E-state index contributed by atoms with van der Waals surface area (Å²) < 4.78 is 46.8. The number of ether oxygens (including phenoxy) is 1. The van der Waals surface area contributed by atoms with Gasteiger partial charge in [-0.1, -0.05) is 11.6 Å². The van der Waals surface area contributed by atoms with E-state index in [0.717, 1.165) is 16.8 Å². The highest BCUT2D eigenvalue weighted by atomic mass is 79.9. The van der Waals surface area contributed by atoms with Gasteiger partial charge in [-0.2, -0.15) is 18.3 Å². The van der Waals surface area contributed by atoms with Gasteiger partial charge < -0.3 is 20.1 Å². The SMILES string of the molecule is CNC[C@@H](O)COc1ccc(Cl)c(-c2nc(-c3c(C)c(Br)nn3C)c(C)c(N3CC4(CN(CC(F)(F)F)C4)C3)n2)c1. The minimum absolute atomic E-state index is 0.0939. The smallest absolute Gasteiger partial charge is 0.401 e. The van der Waals surface area contributed by atoms with E-state index in [1.165, 1.54) is 4.90 Å². The molecule has 2 saturated heterocycles. The van der Waals surface area contributed by atoms with Crippen molar-refractivity contribution in [1.82, 2.24) is 30.0 Å². The minimum Gasteiger partial charge on any atom is -0.491 e. The summed E-state index contributed by atoms with van der Waals surface area (Å²) in [7, 11) is 3.59. The lowest BCUT2D eigenvalue weighted by Gasteiger charge is -2.61. The van der Waals surface area contributed by atoms with E-state index in [1.54, 1.807) is 29.9 Å². The van der Waals surface area contributed by atoms with Crippen LogP contribution >= 0.6 is 27.5 Å². The second-order valence-electron chi connectivity index (χ2n) is 11.0. The highest BCUT2D eigenvalue weighted by Crippen LogP contribution is 2.45. The molecule has 222 valence electrons. The highest BCUT2D eigenvalue weighted by molar-refractivity contribution is 9.10. The Labute approximate surface area is 249 Å². The Balaban J connectivity index is 1.49. The fourth-order valence-electron chi connectivity index (χ4n) is 5.73. The van der Waals surface area contributed by atoms with Crippen LogP contribution in [-0.4, -0.2) is 95.0 Å². The van der Waals surface area contributed by atoms with Crippen LogP contribution in [0.2, 0.25) is 5.02 Å². The molecular formula is C27H32BrClF3N7O2. The highest BCUT2D eigenvalue weighted by Gasteiger charge is 2.54. The quantitative estimate of drug-likeness (QED) is 0.354. The van der Waals surface area contributed by atoms with Gasteiger partial charge in [-0.05, 0) is 55.0 Å². The molecule has 1 atom stereocenters. The predicted octanol–water partition coefficient (Wildman–Crippen LogP) is 4.22. The Kier molecular flexibility index (Phi) is 8.29. The Morgan fingerprint density at radius 3 is 2.49 bits per heavy atom. The van der Waals surface area contributed by atoms with Crippen molar-refractivity contribution in [3.05, 3.63) is 39.0 Å². The molecule has 2 N–H and O–H groups in total. The van der Waals surface area contributed by atoms with Crippen molar-refractivity contribution >= 4 is 33.3 Å². The van der Waals surface area contributed by atoms with E-state index in [1.807, 2.05) is 20.9 Å². The van der Waals surface area contributed by atoms with E-state index in [2.05, 4.69) is 31.2 Å².